The van der Waals surface area contributed by atoms with E-state index in [4.69, 9.17) is 4.74 Å². The lowest BCUT2D eigenvalue weighted by atomic mass is 10.1. The van der Waals surface area contributed by atoms with E-state index in [9.17, 15) is 15.2 Å². The molecule has 0 saturated carbocycles. The third-order valence-electron chi connectivity index (χ3n) is 2.77. The minimum absolute atomic E-state index is 0.104. The quantitative estimate of drug-likeness (QED) is 0.657. The lowest BCUT2D eigenvalue weighted by Crippen LogP contribution is -2.03. The van der Waals surface area contributed by atoms with Crippen LogP contribution in [-0.2, 0) is 6.61 Å². The second-order valence-corrected chi connectivity index (χ2v) is 4.24. The highest BCUT2D eigenvalue weighted by molar-refractivity contribution is 5.44. The number of aliphatic hydroxyl groups is 1. The van der Waals surface area contributed by atoms with Gasteiger partial charge in [-0.05, 0) is 19.9 Å². The molecule has 1 atom stereocenters. The molecule has 8 nitrogen and oxygen atoms in total. The monoisotopic (exact) mass is 279 g/mol. The molecule has 1 N–H and O–H groups in total. The predicted octanol–water partition coefficient (Wildman–Crippen LogP) is 1.92. The fraction of sp³-hybridized carbons (Fsp3) is 0.333. The summed E-state index contributed by atoms with van der Waals surface area (Å²) in [7, 11) is 0. The zero-order valence-corrected chi connectivity index (χ0v) is 10.9. The number of ether oxygens (including phenoxy) is 1. The van der Waals surface area contributed by atoms with Crippen LogP contribution < -0.4 is 4.74 Å². The molecule has 20 heavy (non-hydrogen) atoms. The zero-order valence-electron chi connectivity index (χ0n) is 10.9. The van der Waals surface area contributed by atoms with Gasteiger partial charge in [-0.2, -0.15) is 0 Å². The molecule has 0 amide bonds. The second-order valence-electron chi connectivity index (χ2n) is 4.24. The van der Waals surface area contributed by atoms with Crippen LogP contribution in [-0.4, -0.2) is 20.3 Å². The van der Waals surface area contributed by atoms with Crippen molar-refractivity contribution >= 4 is 5.69 Å². The average Bonchev–Trinajstić information content (AvgIpc) is 2.81. The van der Waals surface area contributed by atoms with Crippen LogP contribution in [0.3, 0.4) is 0 Å². The van der Waals surface area contributed by atoms with Crippen molar-refractivity contribution in [3.05, 3.63) is 45.3 Å². The molecule has 8 heteroatoms. The molecule has 0 unspecified atom stereocenters. The van der Waals surface area contributed by atoms with E-state index in [-0.39, 0.29) is 12.3 Å². The van der Waals surface area contributed by atoms with Crippen molar-refractivity contribution < 1.29 is 19.4 Å². The van der Waals surface area contributed by atoms with Gasteiger partial charge in [0.2, 0.25) is 0 Å². The first kappa shape index (κ1) is 13.9. The molecule has 2 aromatic rings. The topological polar surface area (TPSA) is 112 Å². The largest absolute Gasteiger partial charge is 0.487 e. The summed E-state index contributed by atoms with van der Waals surface area (Å²) in [5.41, 5.74) is 1.37. The Morgan fingerprint density at radius 3 is 2.80 bits per heavy atom. The third-order valence-corrected chi connectivity index (χ3v) is 2.77. The summed E-state index contributed by atoms with van der Waals surface area (Å²) < 4.78 is 10.1. The van der Waals surface area contributed by atoms with Gasteiger partial charge in [0.15, 0.2) is 0 Å². The van der Waals surface area contributed by atoms with Crippen molar-refractivity contribution in [3.63, 3.8) is 0 Å². The van der Waals surface area contributed by atoms with Crippen LogP contribution in [0.4, 0.5) is 5.69 Å². The molecule has 106 valence electrons. The number of benzene rings is 1. The average molecular weight is 279 g/mol. The van der Waals surface area contributed by atoms with Crippen molar-refractivity contribution in [2.45, 2.75) is 26.6 Å². The third kappa shape index (κ3) is 2.91. The van der Waals surface area contributed by atoms with E-state index in [1.807, 2.05) is 0 Å². The Bertz CT molecular complexity index is 623. The maximum atomic E-state index is 10.7. The van der Waals surface area contributed by atoms with Crippen molar-refractivity contribution in [2.75, 3.05) is 0 Å². The summed E-state index contributed by atoms with van der Waals surface area (Å²) in [4.78, 5) is 10.2. The van der Waals surface area contributed by atoms with Gasteiger partial charge in [0.05, 0.1) is 11.0 Å². The van der Waals surface area contributed by atoms with Crippen molar-refractivity contribution in [1.82, 2.24) is 10.3 Å². The number of non-ortho nitro benzene ring substituents is 1. The van der Waals surface area contributed by atoms with Crippen LogP contribution in [0.15, 0.2) is 22.8 Å². The van der Waals surface area contributed by atoms with Gasteiger partial charge < -0.3 is 9.84 Å². The van der Waals surface area contributed by atoms with E-state index < -0.39 is 11.0 Å². The molecule has 0 fully saturated rings. The molecule has 0 radical (unpaired) electrons. The van der Waals surface area contributed by atoms with E-state index >= 15 is 0 Å². The van der Waals surface area contributed by atoms with Gasteiger partial charge in [-0.15, -0.1) is 0 Å². The van der Waals surface area contributed by atoms with Gasteiger partial charge in [0.1, 0.15) is 23.7 Å². The molecule has 1 aromatic heterocycles. The van der Waals surface area contributed by atoms with E-state index in [0.29, 0.717) is 22.7 Å². The summed E-state index contributed by atoms with van der Waals surface area (Å²) in [6, 6.07) is 4.05. The van der Waals surface area contributed by atoms with E-state index in [2.05, 4.69) is 14.9 Å². The number of nitro benzene ring substituents is 1. The van der Waals surface area contributed by atoms with E-state index in [1.165, 1.54) is 25.1 Å². The first-order valence-corrected chi connectivity index (χ1v) is 5.86. The van der Waals surface area contributed by atoms with Crippen LogP contribution in [0, 0.1) is 17.0 Å². The molecule has 1 heterocycles. The van der Waals surface area contributed by atoms with Crippen LogP contribution in [0.1, 0.15) is 30.0 Å². The molecule has 0 bridgehead atoms. The molecule has 0 aliphatic heterocycles. The summed E-state index contributed by atoms with van der Waals surface area (Å²) in [5.74, 6) is 0.355. The molecule has 0 saturated heterocycles. The normalized spacial score (nSPS) is 12.2. The summed E-state index contributed by atoms with van der Waals surface area (Å²) in [5, 5.41) is 27.7. The summed E-state index contributed by atoms with van der Waals surface area (Å²) in [6.07, 6.45) is -0.888. The number of nitro groups is 1. The summed E-state index contributed by atoms with van der Waals surface area (Å²) >= 11 is 0. The number of hydrogen-bond donors (Lipinski definition) is 1. The zero-order chi connectivity index (χ0) is 14.7. The molecular formula is C12H13N3O5. The van der Waals surface area contributed by atoms with E-state index in [0.717, 1.165) is 0 Å². The van der Waals surface area contributed by atoms with Crippen molar-refractivity contribution in [3.8, 4) is 5.75 Å². The highest BCUT2D eigenvalue weighted by atomic mass is 16.6. The molecular weight excluding hydrogens is 266 g/mol. The molecule has 1 aromatic carbocycles. The number of aryl methyl sites for hydroxylation is 1. The molecule has 0 aliphatic carbocycles. The van der Waals surface area contributed by atoms with Crippen molar-refractivity contribution in [2.24, 2.45) is 0 Å². The molecule has 0 spiro atoms. The Labute approximate surface area is 114 Å². The SMILES string of the molecule is Cc1nonc1COc1ccc([N+](=O)[O-])cc1[C@@H](C)O. The number of nitrogens with zero attached hydrogens (tertiary/aromatic N) is 3. The van der Waals surface area contributed by atoms with Gasteiger partial charge in [-0.25, -0.2) is 4.63 Å². The maximum Gasteiger partial charge on any atom is 0.270 e. The number of rotatable bonds is 5. The first-order chi connectivity index (χ1) is 9.49. The van der Waals surface area contributed by atoms with Crippen LogP contribution in [0.2, 0.25) is 0 Å². The molecule has 0 aliphatic rings. The Kier molecular flexibility index (Phi) is 3.94. The van der Waals surface area contributed by atoms with Gasteiger partial charge in [-0.1, -0.05) is 10.3 Å². The fourth-order valence-electron chi connectivity index (χ4n) is 1.63. The van der Waals surface area contributed by atoms with Crippen LogP contribution in [0.5, 0.6) is 5.75 Å². The second kappa shape index (κ2) is 5.66. The Morgan fingerprint density at radius 2 is 2.25 bits per heavy atom. The highest BCUT2D eigenvalue weighted by Gasteiger charge is 2.16. The predicted molar refractivity (Wildman–Crippen MR) is 67.1 cm³/mol. The van der Waals surface area contributed by atoms with Crippen molar-refractivity contribution in [1.29, 1.82) is 0 Å². The first-order valence-electron chi connectivity index (χ1n) is 5.86. The summed E-state index contributed by atoms with van der Waals surface area (Å²) in [6.45, 7) is 3.34. The van der Waals surface area contributed by atoms with Gasteiger partial charge in [-0.3, -0.25) is 10.1 Å². The van der Waals surface area contributed by atoms with Gasteiger partial charge >= 0.3 is 0 Å². The maximum absolute atomic E-state index is 10.7. The number of aromatic nitrogens is 2. The Morgan fingerprint density at radius 1 is 1.50 bits per heavy atom. The van der Waals surface area contributed by atoms with Crippen LogP contribution >= 0.6 is 0 Å². The smallest absolute Gasteiger partial charge is 0.270 e. The number of aliphatic hydroxyl groups excluding tert-OH is 1. The Balaban J connectivity index is 2.22. The molecule has 2 rings (SSSR count). The standard InChI is InChI=1S/C12H13N3O5/c1-7-11(14-20-13-7)6-19-12-4-3-9(15(17)18)5-10(12)8(2)16/h3-5,8,16H,6H2,1-2H3/t8-/m1/s1. The minimum atomic E-state index is -0.888. The fourth-order valence-corrected chi connectivity index (χ4v) is 1.63. The highest BCUT2D eigenvalue weighted by Crippen LogP contribution is 2.29. The number of hydrogen-bond acceptors (Lipinski definition) is 7. The van der Waals surface area contributed by atoms with E-state index in [1.54, 1.807) is 6.92 Å². The lowest BCUT2D eigenvalue weighted by molar-refractivity contribution is -0.385. The van der Waals surface area contributed by atoms with Crippen LogP contribution in [0.25, 0.3) is 0 Å². The van der Waals surface area contributed by atoms with Gasteiger partial charge in [0.25, 0.3) is 5.69 Å². The van der Waals surface area contributed by atoms with Gasteiger partial charge in [0, 0.05) is 17.7 Å². The Hall–Kier alpha value is -2.48. The lowest BCUT2D eigenvalue weighted by Gasteiger charge is -2.12. The minimum Gasteiger partial charge on any atom is -0.487 e.